The molecular weight excluding hydrogens is 274 g/mol. The third-order valence-electron chi connectivity index (χ3n) is 4.08. The molecule has 1 atom stereocenters. The fourth-order valence-electron chi connectivity index (χ4n) is 2.94. The first-order valence-corrected chi connectivity index (χ1v) is 8.52. The smallest absolute Gasteiger partial charge is 0.282 e. The van der Waals surface area contributed by atoms with Crippen molar-refractivity contribution in [2.75, 3.05) is 26.2 Å². The first kappa shape index (κ1) is 14.0. The molecule has 0 spiro atoms. The molecule has 0 unspecified atom stereocenters. The van der Waals surface area contributed by atoms with Crippen molar-refractivity contribution in [2.45, 2.75) is 25.9 Å². The summed E-state index contributed by atoms with van der Waals surface area (Å²) in [6.07, 6.45) is 0.803. The molecule has 1 aromatic rings. The van der Waals surface area contributed by atoms with Crippen molar-refractivity contribution in [3.8, 4) is 0 Å². The van der Waals surface area contributed by atoms with E-state index in [1.807, 2.05) is 25.1 Å². The lowest BCUT2D eigenvalue weighted by Gasteiger charge is -2.36. The maximum atomic E-state index is 12.7. The topological polar surface area (TPSA) is 52.7 Å². The lowest BCUT2D eigenvalue weighted by Crippen LogP contribution is -2.55. The Morgan fingerprint density at radius 2 is 1.90 bits per heavy atom. The highest BCUT2D eigenvalue weighted by atomic mass is 32.2. The van der Waals surface area contributed by atoms with Crippen molar-refractivity contribution in [3.05, 3.63) is 35.4 Å². The average molecular weight is 295 g/mol. The van der Waals surface area contributed by atoms with Gasteiger partial charge in [0.15, 0.2) is 0 Å². The van der Waals surface area contributed by atoms with Gasteiger partial charge >= 0.3 is 0 Å². The fourth-order valence-corrected chi connectivity index (χ4v) is 4.62. The summed E-state index contributed by atoms with van der Waals surface area (Å²) >= 11 is 0. The average Bonchev–Trinajstić information content (AvgIpc) is 2.46. The predicted molar refractivity (Wildman–Crippen MR) is 78.5 cm³/mol. The van der Waals surface area contributed by atoms with Crippen LogP contribution in [0.3, 0.4) is 0 Å². The van der Waals surface area contributed by atoms with E-state index in [1.165, 1.54) is 5.56 Å². The summed E-state index contributed by atoms with van der Waals surface area (Å²) < 4.78 is 28.7. The molecule has 0 aliphatic carbocycles. The van der Waals surface area contributed by atoms with E-state index >= 15 is 0 Å². The molecule has 1 N–H and O–H groups in total. The zero-order valence-electron chi connectivity index (χ0n) is 11.7. The van der Waals surface area contributed by atoms with Crippen molar-refractivity contribution in [2.24, 2.45) is 0 Å². The van der Waals surface area contributed by atoms with Gasteiger partial charge in [0, 0.05) is 38.8 Å². The van der Waals surface area contributed by atoms with E-state index < -0.39 is 10.2 Å². The molecule has 0 amide bonds. The maximum Gasteiger partial charge on any atom is 0.282 e. The van der Waals surface area contributed by atoms with Gasteiger partial charge in [0.2, 0.25) is 0 Å². The lowest BCUT2D eigenvalue weighted by atomic mass is 10.0. The summed E-state index contributed by atoms with van der Waals surface area (Å²) in [5, 5.41) is 3.28. The maximum absolute atomic E-state index is 12.7. The fraction of sp³-hybridized carbons (Fsp3) is 0.571. The third-order valence-corrected chi connectivity index (χ3v) is 6.03. The van der Waals surface area contributed by atoms with Crippen LogP contribution in [0, 0.1) is 0 Å². The first-order chi connectivity index (χ1) is 9.57. The van der Waals surface area contributed by atoms with E-state index in [4.69, 9.17) is 0 Å². The third kappa shape index (κ3) is 2.61. The molecule has 0 aromatic heterocycles. The van der Waals surface area contributed by atoms with Crippen LogP contribution in [0.2, 0.25) is 0 Å². The Balaban J connectivity index is 1.79. The molecule has 3 rings (SSSR count). The number of rotatable bonds is 2. The SMILES string of the molecule is C[C@@H]1CN(S(=O)(=O)N2CCc3ccccc3C2)CCN1. The normalized spacial score (nSPS) is 25.4. The van der Waals surface area contributed by atoms with Crippen LogP contribution in [0.15, 0.2) is 24.3 Å². The van der Waals surface area contributed by atoms with E-state index in [2.05, 4.69) is 11.4 Å². The van der Waals surface area contributed by atoms with Gasteiger partial charge in [-0.3, -0.25) is 0 Å². The van der Waals surface area contributed by atoms with E-state index in [9.17, 15) is 8.42 Å². The summed E-state index contributed by atoms with van der Waals surface area (Å²) in [6, 6.07) is 8.32. The Kier molecular flexibility index (Phi) is 3.81. The number of hydrogen-bond donors (Lipinski definition) is 1. The van der Waals surface area contributed by atoms with Gasteiger partial charge in [-0.2, -0.15) is 17.0 Å². The quantitative estimate of drug-likeness (QED) is 0.868. The van der Waals surface area contributed by atoms with Gasteiger partial charge in [0.1, 0.15) is 0 Å². The van der Waals surface area contributed by atoms with Crippen LogP contribution >= 0.6 is 0 Å². The molecule has 0 bridgehead atoms. The standard InChI is InChI=1S/C14H21N3O2S/c1-12-10-17(9-7-15-12)20(18,19)16-8-6-13-4-2-3-5-14(13)11-16/h2-5,12,15H,6-11H2,1H3/t12-/m1/s1. The molecule has 2 aliphatic heterocycles. The summed E-state index contributed by atoms with van der Waals surface area (Å²) in [7, 11) is -3.33. The molecule has 6 heteroatoms. The summed E-state index contributed by atoms with van der Waals surface area (Å²) in [6.45, 7) is 4.94. The van der Waals surface area contributed by atoms with Gasteiger partial charge in [-0.15, -0.1) is 0 Å². The Morgan fingerprint density at radius 3 is 2.65 bits per heavy atom. The van der Waals surface area contributed by atoms with Crippen LogP contribution < -0.4 is 5.32 Å². The van der Waals surface area contributed by atoms with Gasteiger partial charge < -0.3 is 5.32 Å². The Morgan fingerprint density at radius 1 is 1.15 bits per heavy atom. The van der Waals surface area contributed by atoms with Crippen molar-refractivity contribution < 1.29 is 8.42 Å². The number of piperazine rings is 1. The molecule has 0 radical (unpaired) electrons. The number of nitrogens with one attached hydrogen (secondary N) is 1. The lowest BCUT2D eigenvalue weighted by molar-refractivity contribution is 0.274. The van der Waals surface area contributed by atoms with Crippen LogP contribution in [0.5, 0.6) is 0 Å². The molecule has 0 saturated carbocycles. The highest BCUT2D eigenvalue weighted by Crippen LogP contribution is 2.23. The monoisotopic (exact) mass is 295 g/mol. The summed E-state index contributed by atoms with van der Waals surface area (Å²) in [4.78, 5) is 0. The zero-order valence-corrected chi connectivity index (χ0v) is 12.6. The predicted octanol–water partition coefficient (Wildman–Crippen LogP) is 0.583. The van der Waals surface area contributed by atoms with E-state index in [0.29, 0.717) is 26.2 Å². The number of hydrogen-bond acceptors (Lipinski definition) is 3. The van der Waals surface area contributed by atoms with Crippen molar-refractivity contribution >= 4 is 10.2 Å². The van der Waals surface area contributed by atoms with Gasteiger partial charge in [0.25, 0.3) is 10.2 Å². The molecule has 5 nitrogen and oxygen atoms in total. The molecule has 1 fully saturated rings. The minimum absolute atomic E-state index is 0.218. The second kappa shape index (κ2) is 5.44. The van der Waals surface area contributed by atoms with Crippen molar-refractivity contribution in [1.29, 1.82) is 0 Å². The van der Waals surface area contributed by atoms with Gasteiger partial charge in [-0.05, 0) is 24.5 Å². The number of nitrogens with zero attached hydrogens (tertiary/aromatic N) is 2. The van der Waals surface area contributed by atoms with Crippen LogP contribution in [-0.2, 0) is 23.2 Å². The number of benzene rings is 1. The highest BCUT2D eigenvalue weighted by molar-refractivity contribution is 7.86. The first-order valence-electron chi connectivity index (χ1n) is 7.13. The zero-order chi connectivity index (χ0) is 14.2. The molecule has 1 aromatic carbocycles. The Bertz CT molecular complexity index is 588. The molecule has 110 valence electrons. The summed E-state index contributed by atoms with van der Waals surface area (Å²) in [5.41, 5.74) is 2.40. The molecule has 20 heavy (non-hydrogen) atoms. The van der Waals surface area contributed by atoms with Crippen LogP contribution in [-0.4, -0.2) is 49.2 Å². The van der Waals surface area contributed by atoms with Crippen molar-refractivity contribution in [1.82, 2.24) is 13.9 Å². The van der Waals surface area contributed by atoms with E-state index in [1.54, 1.807) is 8.61 Å². The van der Waals surface area contributed by atoms with Crippen LogP contribution in [0.25, 0.3) is 0 Å². The Hall–Kier alpha value is -0.950. The van der Waals surface area contributed by atoms with Gasteiger partial charge in [0.05, 0.1) is 0 Å². The van der Waals surface area contributed by atoms with E-state index in [-0.39, 0.29) is 6.04 Å². The molecular formula is C14H21N3O2S. The van der Waals surface area contributed by atoms with E-state index in [0.717, 1.165) is 18.5 Å². The van der Waals surface area contributed by atoms with Gasteiger partial charge in [-0.1, -0.05) is 24.3 Å². The van der Waals surface area contributed by atoms with Crippen LogP contribution in [0.4, 0.5) is 0 Å². The minimum Gasteiger partial charge on any atom is -0.312 e. The molecule has 1 saturated heterocycles. The minimum atomic E-state index is -3.33. The Labute approximate surface area is 120 Å². The molecule has 2 heterocycles. The second-order valence-electron chi connectivity index (χ2n) is 5.57. The van der Waals surface area contributed by atoms with Crippen molar-refractivity contribution in [3.63, 3.8) is 0 Å². The van der Waals surface area contributed by atoms with Gasteiger partial charge in [-0.25, -0.2) is 0 Å². The largest absolute Gasteiger partial charge is 0.312 e. The summed E-state index contributed by atoms with van der Waals surface area (Å²) in [5.74, 6) is 0. The number of fused-ring (bicyclic) bond motifs is 1. The highest BCUT2D eigenvalue weighted by Gasteiger charge is 2.34. The van der Waals surface area contributed by atoms with Crippen LogP contribution in [0.1, 0.15) is 18.1 Å². The molecule has 2 aliphatic rings. The second-order valence-corrected chi connectivity index (χ2v) is 7.50.